The van der Waals surface area contributed by atoms with Crippen LogP contribution < -0.4 is 15.4 Å². The highest BCUT2D eigenvalue weighted by Gasteiger charge is 2.22. The van der Waals surface area contributed by atoms with Gasteiger partial charge in [0.25, 0.3) is 0 Å². The fourth-order valence-corrected chi connectivity index (χ4v) is 2.76. The molecule has 1 aliphatic rings. The number of nitrogens with zero attached hydrogens (tertiary/aromatic N) is 2. The first-order chi connectivity index (χ1) is 9.65. The highest BCUT2D eigenvalue weighted by atomic mass is 16.5. The summed E-state index contributed by atoms with van der Waals surface area (Å²) >= 11 is 0. The van der Waals surface area contributed by atoms with Crippen LogP contribution in [0.25, 0.3) is 0 Å². The quantitative estimate of drug-likeness (QED) is 0.840. The predicted molar refractivity (Wildman–Crippen MR) is 85.6 cm³/mol. The lowest BCUT2D eigenvalue weighted by Crippen LogP contribution is -2.51. The highest BCUT2D eigenvalue weighted by molar-refractivity contribution is 5.62. The number of likely N-dealkylation sites (N-methyl/N-ethyl adjacent to an activating group) is 1. The molecule has 0 spiro atoms. The number of benzene rings is 1. The Kier molecular flexibility index (Phi) is 5.12. The number of nitrogen functional groups attached to an aromatic ring is 1. The molecule has 1 aliphatic heterocycles. The van der Waals surface area contributed by atoms with Gasteiger partial charge in [0.1, 0.15) is 5.75 Å². The van der Waals surface area contributed by atoms with Crippen LogP contribution in [0.1, 0.15) is 27.2 Å². The van der Waals surface area contributed by atoms with E-state index in [1.165, 1.54) is 5.69 Å². The molecule has 1 fully saturated rings. The van der Waals surface area contributed by atoms with E-state index in [1.807, 2.05) is 6.07 Å². The number of piperazine rings is 1. The minimum atomic E-state index is 0.589. The zero-order chi connectivity index (χ0) is 14.5. The van der Waals surface area contributed by atoms with Gasteiger partial charge in [-0.15, -0.1) is 0 Å². The molecule has 1 heterocycles. The van der Waals surface area contributed by atoms with Crippen molar-refractivity contribution in [1.82, 2.24) is 4.90 Å². The van der Waals surface area contributed by atoms with Crippen LogP contribution in [-0.4, -0.2) is 43.7 Å². The van der Waals surface area contributed by atoms with E-state index in [2.05, 4.69) is 42.7 Å². The van der Waals surface area contributed by atoms with Crippen molar-refractivity contribution in [3.63, 3.8) is 0 Å². The number of nitrogens with two attached hydrogens (primary N) is 1. The molecule has 2 rings (SSSR count). The van der Waals surface area contributed by atoms with Crippen LogP contribution in [0.2, 0.25) is 0 Å². The number of anilines is 2. The van der Waals surface area contributed by atoms with Crippen LogP contribution in [0.3, 0.4) is 0 Å². The Morgan fingerprint density at radius 2 is 2.10 bits per heavy atom. The molecule has 1 atom stereocenters. The van der Waals surface area contributed by atoms with Gasteiger partial charge in [-0.05, 0) is 32.0 Å². The van der Waals surface area contributed by atoms with Gasteiger partial charge in [-0.1, -0.05) is 13.8 Å². The van der Waals surface area contributed by atoms with Crippen molar-refractivity contribution in [3.05, 3.63) is 18.2 Å². The van der Waals surface area contributed by atoms with E-state index in [0.717, 1.165) is 44.0 Å². The van der Waals surface area contributed by atoms with Crippen molar-refractivity contribution < 1.29 is 4.74 Å². The largest absolute Gasteiger partial charge is 0.491 e. The first-order valence-corrected chi connectivity index (χ1v) is 7.67. The van der Waals surface area contributed by atoms with Gasteiger partial charge >= 0.3 is 0 Å². The summed E-state index contributed by atoms with van der Waals surface area (Å²) < 4.78 is 5.72. The van der Waals surface area contributed by atoms with Crippen LogP contribution in [0.5, 0.6) is 5.75 Å². The monoisotopic (exact) mass is 277 g/mol. The summed E-state index contributed by atoms with van der Waals surface area (Å²) in [6, 6.07) is 6.73. The Bertz CT molecular complexity index is 436. The molecule has 1 saturated heterocycles. The second-order valence-corrected chi connectivity index (χ2v) is 5.49. The van der Waals surface area contributed by atoms with Crippen molar-refractivity contribution in [2.24, 2.45) is 0 Å². The lowest BCUT2D eigenvalue weighted by Gasteiger charge is -2.40. The maximum Gasteiger partial charge on any atom is 0.144 e. The Morgan fingerprint density at radius 3 is 2.75 bits per heavy atom. The summed E-state index contributed by atoms with van der Waals surface area (Å²) in [4.78, 5) is 4.94. The van der Waals surface area contributed by atoms with Gasteiger partial charge in [0, 0.05) is 37.4 Å². The molecule has 0 saturated carbocycles. The molecule has 0 amide bonds. The van der Waals surface area contributed by atoms with Crippen molar-refractivity contribution in [2.75, 3.05) is 43.4 Å². The SMILES string of the molecule is CCCOc1cc(N2CCN(CC)C(C)C2)ccc1N. The van der Waals surface area contributed by atoms with Crippen LogP contribution in [0.4, 0.5) is 11.4 Å². The zero-order valence-electron chi connectivity index (χ0n) is 12.9. The van der Waals surface area contributed by atoms with Gasteiger partial charge in [-0.25, -0.2) is 0 Å². The topological polar surface area (TPSA) is 41.7 Å². The fraction of sp³-hybridized carbons (Fsp3) is 0.625. The van der Waals surface area contributed by atoms with Crippen molar-refractivity contribution >= 4 is 11.4 Å². The van der Waals surface area contributed by atoms with Crippen LogP contribution in [0, 0.1) is 0 Å². The Hall–Kier alpha value is -1.42. The number of rotatable bonds is 5. The molecule has 0 bridgehead atoms. The first kappa shape index (κ1) is 15.0. The summed E-state index contributed by atoms with van der Waals surface area (Å²) in [7, 11) is 0. The maximum atomic E-state index is 5.98. The summed E-state index contributed by atoms with van der Waals surface area (Å²) in [6.07, 6.45) is 0.996. The highest BCUT2D eigenvalue weighted by Crippen LogP contribution is 2.29. The van der Waals surface area contributed by atoms with Gasteiger partial charge in [0.05, 0.1) is 12.3 Å². The third-order valence-electron chi connectivity index (χ3n) is 4.00. The summed E-state index contributed by atoms with van der Waals surface area (Å²) in [5.74, 6) is 0.815. The normalized spacial score (nSPS) is 20.1. The molecule has 112 valence electrons. The molecular formula is C16H27N3O. The first-order valence-electron chi connectivity index (χ1n) is 7.67. The summed E-state index contributed by atoms with van der Waals surface area (Å²) in [5.41, 5.74) is 7.92. The zero-order valence-corrected chi connectivity index (χ0v) is 12.9. The van der Waals surface area contributed by atoms with E-state index < -0.39 is 0 Å². The van der Waals surface area contributed by atoms with E-state index >= 15 is 0 Å². The van der Waals surface area contributed by atoms with Crippen molar-refractivity contribution in [1.29, 1.82) is 0 Å². The fourth-order valence-electron chi connectivity index (χ4n) is 2.76. The van der Waals surface area contributed by atoms with E-state index in [4.69, 9.17) is 10.5 Å². The average Bonchev–Trinajstić information content (AvgIpc) is 2.46. The van der Waals surface area contributed by atoms with Gasteiger partial charge in [0.2, 0.25) is 0 Å². The number of hydrogen-bond donors (Lipinski definition) is 1. The third-order valence-corrected chi connectivity index (χ3v) is 4.00. The van der Waals surface area contributed by atoms with E-state index in [9.17, 15) is 0 Å². The van der Waals surface area contributed by atoms with Gasteiger partial charge in [0.15, 0.2) is 0 Å². The second-order valence-electron chi connectivity index (χ2n) is 5.49. The second kappa shape index (κ2) is 6.84. The van der Waals surface area contributed by atoms with Crippen molar-refractivity contribution in [3.8, 4) is 5.75 Å². The maximum absolute atomic E-state index is 5.98. The minimum absolute atomic E-state index is 0.589. The Morgan fingerprint density at radius 1 is 1.30 bits per heavy atom. The standard InChI is InChI=1S/C16H27N3O/c1-4-10-20-16-11-14(6-7-15(16)17)19-9-8-18(5-2)13(3)12-19/h6-7,11,13H,4-5,8-10,12,17H2,1-3H3. The van der Waals surface area contributed by atoms with Crippen LogP contribution >= 0.6 is 0 Å². The molecule has 0 aromatic heterocycles. The van der Waals surface area contributed by atoms with E-state index in [0.29, 0.717) is 12.6 Å². The summed E-state index contributed by atoms with van der Waals surface area (Å²) in [5, 5.41) is 0. The van der Waals surface area contributed by atoms with Gasteiger partial charge in [-0.2, -0.15) is 0 Å². The lowest BCUT2D eigenvalue weighted by molar-refractivity contribution is 0.199. The Balaban J connectivity index is 2.09. The third kappa shape index (κ3) is 3.37. The van der Waals surface area contributed by atoms with Crippen molar-refractivity contribution in [2.45, 2.75) is 33.2 Å². The molecule has 4 heteroatoms. The van der Waals surface area contributed by atoms with Crippen LogP contribution in [0.15, 0.2) is 18.2 Å². The Labute approximate surface area is 122 Å². The predicted octanol–water partition coefficient (Wildman–Crippen LogP) is 2.59. The molecule has 20 heavy (non-hydrogen) atoms. The molecule has 1 aromatic carbocycles. The lowest BCUT2D eigenvalue weighted by atomic mass is 10.1. The average molecular weight is 277 g/mol. The van der Waals surface area contributed by atoms with Gasteiger partial charge in [-0.3, -0.25) is 4.90 Å². The van der Waals surface area contributed by atoms with E-state index in [1.54, 1.807) is 0 Å². The minimum Gasteiger partial charge on any atom is -0.491 e. The molecule has 4 nitrogen and oxygen atoms in total. The molecule has 0 radical (unpaired) electrons. The van der Waals surface area contributed by atoms with Gasteiger partial charge < -0.3 is 15.4 Å². The smallest absolute Gasteiger partial charge is 0.144 e. The molecular weight excluding hydrogens is 250 g/mol. The number of hydrogen-bond acceptors (Lipinski definition) is 4. The van der Waals surface area contributed by atoms with E-state index in [-0.39, 0.29) is 0 Å². The number of ether oxygens (including phenoxy) is 1. The molecule has 2 N–H and O–H groups in total. The molecule has 1 unspecified atom stereocenters. The summed E-state index contributed by atoms with van der Waals surface area (Å²) in [6.45, 7) is 11.7. The molecule has 0 aliphatic carbocycles. The molecule has 1 aromatic rings. The van der Waals surface area contributed by atoms with Crippen LogP contribution in [-0.2, 0) is 0 Å².